The van der Waals surface area contributed by atoms with Crippen LogP contribution in [0.5, 0.6) is 5.75 Å². The molecule has 0 radical (unpaired) electrons. The van der Waals surface area contributed by atoms with E-state index in [4.69, 9.17) is 0 Å². The van der Waals surface area contributed by atoms with Crippen LogP contribution in [0.4, 0.5) is 4.39 Å². The van der Waals surface area contributed by atoms with Crippen LogP contribution in [-0.4, -0.2) is 22.4 Å². The summed E-state index contributed by atoms with van der Waals surface area (Å²) in [5.41, 5.74) is 2.06. The van der Waals surface area contributed by atoms with Gasteiger partial charge >= 0.3 is 0 Å². The van der Waals surface area contributed by atoms with Gasteiger partial charge < -0.3 is 9.67 Å². The van der Waals surface area contributed by atoms with Crippen molar-refractivity contribution in [3.8, 4) is 17.0 Å². The van der Waals surface area contributed by atoms with Gasteiger partial charge in [-0.1, -0.05) is 30.3 Å². The molecule has 0 amide bonds. The summed E-state index contributed by atoms with van der Waals surface area (Å²) < 4.78 is 14.6. The molecular weight excluding hydrogens is 319 g/mol. The summed E-state index contributed by atoms with van der Waals surface area (Å²) in [6.45, 7) is 0. The van der Waals surface area contributed by atoms with Gasteiger partial charge in [0.05, 0.1) is 11.4 Å². The highest BCUT2D eigenvalue weighted by Gasteiger charge is 2.19. The minimum atomic E-state index is -0.372. The lowest BCUT2D eigenvalue weighted by Crippen LogP contribution is -2.26. The average Bonchev–Trinajstić information content (AvgIpc) is 2.63. The number of halogens is 1. The molecule has 126 valence electrons. The molecule has 1 aromatic heterocycles. The van der Waals surface area contributed by atoms with E-state index < -0.39 is 0 Å². The monoisotopic (exact) mass is 336 g/mol. The highest BCUT2D eigenvalue weighted by atomic mass is 19.1. The van der Waals surface area contributed by atoms with E-state index in [0.717, 1.165) is 5.56 Å². The van der Waals surface area contributed by atoms with Crippen LogP contribution in [0.3, 0.4) is 0 Å². The first-order chi connectivity index (χ1) is 12.0. The van der Waals surface area contributed by atoms with E-state index in [2.05, 4.69) is 4.99 Å². The van der Waals surface area contributed by atoms with Crippen LogP contribution < -0.4 is 5.56 Å². The topological polar surface area (TPSA) is 54.6 Å². The van der Waals surface area contributed by atoms with Gasteiger partial charge in [-0.2, -0.15) is 0 Å². The van der Waals surface area contributed by atoms with Crippen molar-refractivity contribution < 1.29 is 9.50 Å². The van der Waals surface area contributed by atoms with Gasteiger partial charge in [0.15, 0.2) is 0 Å². The smallest absolute Gasteiger partial charge is 0.264 e. The second-order valence-electron chi connectivity index (χ2n) is 5.60. The lowest BCUT2D eigenvalue weighted by molar-refractivity contribution is 0.471. The van der Waals surface area contributed by atoms with Gasteiger partial charge in [-0.25, -0.2) is 4.39 Å². The van der Waals surface area contributed by atoms with E-state index in [9.17, 15) is 14.3 Å². The molecule has 3 aromatic rings. The maximum atomic E-state index is 13.1. The molecular formula is C20H17FN2O2. The quantitative estimate of drug-likeness (QED) is 0.746. The van der Waals surface area contributed by atoms with Crippen molar-refractivity contribution in [3.05, 3.63) is 88.0 Å². The SMILES string of the molecule is CN=C(c1ccccc1)c1c(O)cc(-c2ccc(F)cc2)n(C)c1=O. The predicted octanol–water partition coefficient (Wildman–Crippen LogP) is 3.36. The molecule has 0 atom stereocenters. The number of hydrogen-bond acceptors (Lipinski definition) is 3. The third-order valence-electron chi connectivity index (χ3n) is 4.06. The van der Waals surface area contributed by atoms with Gasteiger partial charge in [-0.05, 0) is 29.8 Å². The predicted molar refractivity (Wildman–Crippen MR) is 96.7 cm³/mol. The molecule has 0 unspecified atom stereocenters. The number of rotatable bonds is 3. The number of aromatic hydroxyl groups is 1. The normalized spacial score (nSPS) is 11.6. The number of aliphatic imine (C=N–C) groups is 1. The molecule has 1 heterocycles. The van der Waals surface area contributed by atoms with E-state index in [1.165, 1.54) is 22.8 Å². The van der Waals surface area contributed by atoms with Crippen molar-refractivity contribution in [1.82, 2.24) is 4.57 Å². The van der Waals surface area contributed by atoms with Crippen LogP contribution in [0.15, 0.2) is 70.5 Å². The third-order valence-corrected chi connectivity index (χ3v) is 4.06. The molecule has 0 spiro atoms. The second-order valence-corrected chi connectivity index (χ2v) is 5.60. The molecule has 4 nitrogen and oxygen atoms in total. The summed E-state index contributed by atoms with van der Waals surface area (Å²) in [5.74, 6) is -0.522. The fraction of sp³-hybridized carbons (Fsp3) is 0.100. The molecule has 0 bridgehead atoms. The van der Waals surface area contributed by atoms with E-state index in [-0.39, 0.29) is 22.7 Å². The van der Waals surface area contributed by atoms with Crippen molar-refractivity contribution in [2.75, 3.05) is 7.05 Å². The Kier molecular flexibility index (Phi) is 4.48. The molecule has 0 saturated heterocycles. The lowest BCUT2D eigenvalue weighted by Gasteiger charge is -2.14. The zero-order chi connectivity index (χ0) is 18.0. The van der Waals surface area contributed by atoms with Crippen LogP contribution in [0.2, 0.25) is 0 Å². The molecule has 25 heavy (non-hydrogen) atoms. The van der Waals surface area contributed by atoms with Gasteiger partial charge in [-0.3, -0.25) is 9.79 Å². The Hall–Kier alpha value is -3.21. The molecule has 0 aliphatic carbocycles. The van der Waals surface area contributed by atoms with Crippen molar-refractivity contribution in [2.24, 2.45) is 12.0 Å². The molecule has 5 heteroatoms. The average molecular weight is 336 g/mol. The molecule has 0 aliphatic heterocycles. The summed E-state index contributed by atoms with van der Waals surface area (Å²) in [5, 5.41) is 10.5. The number of aromatic nitrogens is 1. The van der Waals surface area contributed by atoms with Crippen LogP contribution in [-0.2, 0) is 7.05 Å². The second kappa shape index (κ2) is 6.73. The standard InChI is InChI=1S/C20H17FN2O2/c1-22-19(14-6-4-3-5-7-14)18-17(24)12-16(23(2)20(18)25)13-8-10-15(21)11-9-13/h3-12,24H,1-2H3. The summed E-state index contributed by atoms with van der Waals surface area (Å²) in [7, 11) is 3.19. The molecule has 3 rings (SSSR count). The van der Waals surface area contributed by atoms with Crippen molar-refractivity contribution in [3.63, 3.8) is 0 Å². The van der Waals surface area contributed by atoms with Gasteiger partial charge in [0, 0.05) is 25.7 Å². The first kappa shape index (κ1) is 16.6. The summed E-state index contributed by atoms with van der Waals surface area (Å²) in [6, 6.07) is 16.5. The van der Waals surface area contributed by atoms with Crippen molar-refractivity contribution in [2.45, 2.75) is 0 Å². The summed E-state index contributed by atoms with van der Waals surface area (Å²) >= 11 is 0. The van der Waals surface area contributed by atoms with Crippen LogP contribution in [0.1, 0.15) is 11.1 Å². The Bertz CT molecular complexity index is 991. The first-order valence-corrected chi connectivity index (χ1v) is 7.74. The van der Waals surface area contributed by atoms with Gasteiger partial charge in [0.25, 0.3) is 5.56 Å². The Labute approximate surface area is 144 Å². The van der Waals surface area contributed by atoms with Gasteiger partial charge in [0.2, 0.25) is 0 Å². The Morgan fingerprint density at radius 1 is 1.08 bits per heavy atom. The van der Waals surface area contributed by atoms with Gasteiger partial charge in [-0.15, -0.1) is 0 Å². The summed E-state index contributed by atoms with van der Waals surface area (Å²) in [4.78, 5) is 17.1. The molecule has 0 saturated carbocycles. The maximum absolute atomic E-state index is 13.1. The van der Waals surface area contributed by atoms with Crippen LogP contribution in [0.25, 0.3) is 11.3 Å². The van der Waals surface area contributed by atoms with E-state index in [1.807, 2.05) is 30.3 Å². The van der Waals surface area contributed by atoms with E-state index in [1.54, 1.807) is 26.2 Å². The maximum Gasteiger partial charge on any atom is 0.264 e. The van der Waals surface area contributed by atoms with E-state index in [0.29, 0.717) is 17.0 Å². The highest BCUT2D eigenvalue weighted by Crippen LogP contribution is 2.25. The molecule has 1 N–H and O–H groups in total. The zero-order valence-corrected chi connectivity index (χ0v) is 13.9. The minimum Gasteiger partial charge on any atom is -0.507 e. The van der Waals surface area contributed by atoms with Crippen LogP contribution >= 0.6 is 0 Å². The fourth-order valence-corrected chi connectivity index (χ4v) is 2.79. The minimum absolute atomic E-state index is 0.141. The molecule has 0 aliphatic rings. The Balaban J connectivity index is 2.19. The number of nitrogens with zero attached hydrogens (tertiary/aromatic N) is 2. The number of hydrogen-bond donors (Lipinski definition) is 1. The first-order valence-electron chi connectivity index (χ1n) is 7.74. The van der Waals surface area contributed by atoms with Crippen LogP contribution in [0, 0.1) is 5.82 Å². The Morgan fingerprint density at radius 3 is 2.32 bits per heavy atom. The zero-order valence-electron chi connectivity index (χ0n) is 13.9. The number of pyridine rings is 1. The summed E-state index contributed by atoms with van der Waals surface area (Å²) in [6.07, 6.45) is 0. The van der Waals surface area contributed by atoms with E-state index >= 15 is 0 Å². The number of benzene rings is 2. The molecule has 0 fully saturated rings. The third kappa shape index (κ3) is 3.08. The van der Waals surface area contributed by atoms with Crippen molar-refractivity contribution >= 4 is 5.71 Å². The van der Waals surface area contributed by atoms with Crippen molar-refractivity contribution in [1.29, 1.82) is 0 Å². The Morgan fingerprint density at radius 2 is 1.72 bits per heavy atom. The fourth-order valence-electron chi connectivity index (χ4n) is 2.79. The lowest BCUT2D eigenvalue weighted by atomic mass is 10.0. The largest absolute Gasteiger partial charge is 0.507 e. The van der Waals surface area contributed by atoms with Gasteiger partial charge in [0.1, 0.15) is 17.1 Å². The highest BCUT2D eigenvalue weighted by molar-refractivity contribution is 6.14. The molecule has 2 aromatic carbocycles.